The molecule has 0 aliphatic heterocycles. The highest BCUT2D eigenvalue weighted by molar-refractivity contribution is 7.89. The number of sulfonamides is 1. The molecule has 0 aromatic carbocycles. The van der Waals surface area contributed by atoms with Crippen LogP contribution in [0.3, 0.4) is 0 Å². The Kier molecular flexibility index (Phi) is 4.81. The lowest BCUT2D eigenvalue weighted by molar-refractivity contribution is 0.423. The molecule has 0 aliphatic carbocycles. The summed E-state index contributed by atoms with van der Waals surface area (Å²) in [5, 5.41) is 2.75. The highest BCUT2D eigenvalue weighted by Crippen LogP contribution is 2.17. The van der Waals surface area contributed by atoms with Crippen molar-refractivity contribution >= 4 is 16.0 Å². The average Bonchev–Trinajstić information content (AvgIpc) is 2.53. The van der Waals surface area contributed by atoms with Crippen LogP contribution in [0.5, 0.6) is 0 Å². The molecule has 0 amide bonds. The van der Waals surface area contributed by atoms with E-state index < -0.39 is 10.0 Å². The van der Waals surface area contributed by atoms with Crippen molar-refractivity contribution in [1.82, 2.24) is 19.3 Å². The van der Waals surface area contributed by atoms with Crippen LogP contribution in [0, 0.1) is 0 Å². The molecule has 1 N–H and O–H groups in total. The molecule has 0 fully saturated rings. The zero-order valence-electron chi connectivity index (χ0n) is 11.9. The average molecular weight is 307 g/mol. The minimum absolute atomic E-state index is 0.0809. The number of nitrogens with one attached hydrogen (secondary N) is 1. The molecule has 0 radical (unpaired) electrons. The summed E-state index contributed by atoms with van der Waals surface area (Å²) in [6.07, 6.45) is 5.90. The van der Waals surface area contributed by atoms with Gasteiger partial charge in [0.1, 0.15) is 4.90 Å². The molecule has 0 unspecified atom stereocenters. The van der Waals surface area contributed by atoms with Crippen LogP contribution >= 0.6 is 0 Å². The van der Waals surface area contributed by atoms with Crippen molar-refractivity contribution in [2.24, 2.45) is 0 Å². The molecule has 0 saturated heterocycles. The Bertz CT molecular complexity index is 673. The number of aromatic nitrogens is 3. The van der Waals surface area contributed by atoms with Crippen LogP contribution in [-0.2, 0) is 16.6 Å². The molecule has 7 nitrogen and oxygen atoms in total. The molecule has 0 aliphatic rings. The third kappa shape index (κ3) is 3.53. The van der Waals surface area contributed by atoms with Gasteiger partial charge in [0.25, 0.3) is 0 Å². The molecule has 2 aromatic heterocycles. The fourth-order valence-corrected chi connectivity index (χ4v) is 3.12. The molecule has 112 valence electrons. The summed E-state index contributed by atoms with van der Waals surface area (Å²) in [5.41, 5.74) is 0.878. The van der Waals surface area contributed by atoms with Gasteiger partial charge in [-0.05, 0) is 17.7 Å². The van der Waals surface area contributed by atoms with E-state index in [1.807, 2.05) is 0 Å². The van der Waals surface area contributed by atoms with E-state index in [1.54, 1.807) is 38.5 Å². The standard InChI is InChI=1S/C13H17N5O2S/c1-3-18(10-11-4-6-15-7-5-11)21(19,20)12-8-16-13(14-2)17-9-12/h4-9H,3,10H2,1-2H3,(H,14,16,17). The molecular formula is C13H17N5O2S. The van der Waals surface area contributed by atoms with E-state index >= 15 is 0 Å². The summed E-state index contributed by atoms with van der Waals surface area (Å²) in [4.78, 5) is 11.9. The predicted molar refractivity (Wildman–Crippen MR) is 79.1 cm³/mol. The first-order chi connectivity index (χ1) is 10.1. The molecular weight excluding hydrogens is 290 g/mol. The second kappa shape index (κ2) is 6.59. The molecule has 0 saturated carbocycles. The third-order valence-electron chi connectivity index (χ3n) is 2.95. The molecule has 8 heteroatoms. The summed E-state index contributed by atoms with van der Waals surface area (Å²) in [7, 11) is -1.94. The fraction of sp³-hybridized carbons (Fsp3) is 0.308. The van der Waals surface area contributed by atoms with E-state index in [0.717, 1.165) is 5.56 Å². The number of pyridine rings is 1. The maximum Gasteiger partial charge on any atom is 0.246 e. The van der Waals surface area contributed by atoms with Gasteiger partial charge in [0, 0.05) is 32.5 Å². The van der Waals surface area contributed by atoms with Crippen LogP contribution in [0.15, 0.2) is 41.8 Å². The molecule has 2 heterocycles. The molecule has 0 atom stereocenters. The maximum absolute atomic E-state index is 12.6. The van der Waals surface area contributed by atoms with Gasteiger partial charge in [0.2, 0.25) is 16.0 Å². The maximum atomic E-state index is 12.6. The van der Waals surface area contributed by atoms with Crippen molar-refractivity contribution < 1.29 is 8.42 Å². The number of nitrogens with zero attached hydrogens (tertiary/aromatic N) is 4. The Morgan fingerprint density at radius 2 is 1.81 bits per heavy atom. The highest BCUT2D eigenvalue weighted by atomic mass is 32.2. The van der Waals surface area contributed by atoms with Gasteiger partial charge in [-0.3, -0.25) is 4.98 Å². The molecule has 0 spiro atoms. The number of hydrogen-bond acceptors (Lipinski definition) is 6. The van der Waals surface area contributed by atoms with Crippen molar-refractivity contribution in [2.45, 2.75) is 18.4 Å². The summed E-state index contributed by atoms with van der Waals surface area (Å²) >= 11 is 0. The molecule has 21 heavy (non-hydrogen) atoms. The van der Waals surface area contributed by atoms with Crippen LogP contribution in [0.1, 0.15) is 12.5 Å². The van der Waals surface area contributed by atoms with Gasteiger partial charge < -0.3 is 5.32 Å². The lowest BCUT2D eigenvalue weighted by atomic mass is 10.3. The molecule has 2 rings (SSSR count). The monoisotopic (exact) mass is 307 g/mol. The van der Waals surface area contributed by atoms with Crippen molar-refractivity contribution in [3.8, 4) is 0 Å². The first kappa shape index (κ1) is 15.3. The minimum atomic E-state index is -3.61. The summed E-state index contributed by atoms with van der Waals surface area (Å²) < 4.78 is 26.5. The van der Waals surface area contributed by atoms with Crippen molar-refractivity contribution in [3.63, 3.8) is 0 Å². The number of anilines is 1. The van der Waals surface area contributed by atoms with E-state index in [1.165, 1.54) is 16.7 Å². The topological polar surface area (TPSA) is 88.1 Å². The van der Waals surface area contributed by atoms with Gasteiger partial charge in [-0.1, -0.05) is 6.92 Å². The Morgan fingerprint density at radius 3 is 2.33 bits per heavy atom. The second-order valence-electron chi connectivity index (χ2n) is 4.28. The van der Waals surface area contributed by atoms with Gasteiger partial charge in [0.15, 0.2) is 0 Å². The zero-order chi connectivity index (χ0) is 15.3. The van der Waals surface area contributed by atoms with Crippen molar-refractivity contribution in [1.29, 1.82) is 0 Å². The van der Waals surface area contributed by atoms with Gasteiger partial charge in [-0.2, -0.15) is 4.31 Å². The molecule has 0 bridgehead atoms. The largest absolute Gasteiger partial charge is 0.357 e. The molecule has 2 aromatic rings. The summed E-state index contributed by atoms with van der Waals surface area (Å²) in [6, 6.07) is 3.58. The van der Waals surface area contributed by atoms with Gasteiger partial charge in [0.05, 0.1) is 12.4 Å². The van der Waals surface area contributed by atoms with E-state index in [-0.39, 0.29) is 11.4 Å². The highest BCUT2D eigenvalue weighted by Gasteiger charge is 2.24. The first-order valence-electron chi connectivity index (χ1n) is 6.46. The van der Waals surface area contributed by atoms with Crippen LogP contribution in [0.2, 0.25) is 0 Å². The van der Waals surface area contributed by atoms with Crippen LogP contribution in [0.4, 0.5) is 5.95 Å². The number of rotatable bonds is 6. The van der Waals surface area contributed by atoms with Crippen LogP contribution < -0.4 is 5.32 Å². The SMILES string of the molecule is CCN(Cc1ccncc1)S(=O)(=O)c1cnc(NC)nc1. The smallest absolute Gasteiger partial charge is 0.246 e. The van der Waals surface area contributed by atoms with E-state index in [4.69, 9.17) is 0 Å². The Morgan fingerprint density at radius 1 is 1.19 bits per heavy atom. The second-order valence-corrected chi connectivity index (χ2v) is 6.22. The Labute approximate surface area is 124 Å². The summed E-state index contributed by atoms with van der Waals surface area (Å²) in [6.45, 7) is 2.44. The third-order valence-corrected chi connectivity index (χ3v) is 4.82. The minimum Gasteiger partial charge on any atom is -0.357 e. The normalized spacial score (nSPS) is 11.6. The predicted octanol–water partition coefficient (Wildman–Crippen LogP) is 1.12. The lowest BCUT2D eigenvalue weighted by Gasteiger charge is -2.20. The van der Waals surface area contributed by atoms with Gasteiger partial charge in [-0.15, -0.1) is 0 Å². The summed E-state index contributed by atoms with van der Waals surface area (Å²) in [5.74, 6) is 0.381. The van der Waals surface area contributed by atoms with Crippen LogP contribution in [0.25, 0.3) is 0 Å². The number of hydrogen-bond donors (Lipinski definition) is 1. The van der Waals surface area contributed by atoms with Crippen molar-refractivity contribution in [3.05, 3.63) is 42.5 Å². The Balaban J connectivity index is 2.26. The van der Waals surface area contributed by atoms with E-state index in [2.05, 4.69) is 20.3 Å². The van der Waals surface area contributed by atoms with Gasteiger partial charge >= 0.3 is 0 Å². The van der Waals surface area contributed by atoms with Crippen LogP contribution in [-0.4, -0.2) is 41.3 Å². The van der Waals surface area contributed by atoms with Gasteiger partial charge in [-0.25, -0.2) is 18.4 Å². The first-order valence-corrected chi connectivity index (χ1v) is 7.90. The van der Waals surface area contributed by atoms with E-state index in [0.29, 0.717) is 12.5 Å². The fourth-order valence-electron chi connectivity index (χ4n) is 1.79. The Hall–Kier alpha value is -2.06. The van der Waals surface area contributed by atoms with E-state index in [9.17, 15) is 8.42 Å². The lowest BCUT2D eigenvalue weighted by Crippen LogP contribution is -2.30. The quantitative estimate of drug-likeness (QED) is 0.860. The van der Waals surface area contributed by atoms with Crippen molar-refractivity contribution in [2.75, 3.05) is 18.9 Å². The zero-order valence-corrected chi connectivity index (χ0v) is 12.7.